The van der Waals surface area contributed by atoms with E-state index in [4.69, 9.17) is 0 Å². The predicted octanol–water partition coefficient (Wildman–Crippen LogP) is 0.384. The minimum Gasteiger partial charge on any atom is -0.147 e. The van der Waals surface area contributed by atoms with Crippen molar-refractivity contribution in [2.24, 2.45) is 0 Å². The van der Waals surface area contributed by atoms with Crippen molar-refractivity contribution in [1.29, 1.82) is 0 Å². The zero-order valence-electron chi connectivity index (χ0n) is 0.816. The fourth-order valence-corrected chi connectivity index (χ4v) is 0. The minimum atomic E-state index is 0. The van der Waals surface area contributed by atoms with Crippen LogP contribution in [0.3, 0.4) is 0 Å². The topological polar surface area (TPSA) is 0 Å². The molecule has 0 fully saturated rings. The van der Waals surface area contributed by atoms with E-state index in [2.05, 4.69) is 0 Å². The first-order chi connectivity index (χ1) is 0. The Balaban J connectivity index is 0. The van der Waals surface area contributed by atoms with Gasteiger partial charge in [0.05, 0.1) is 0 Å². The highest BCUT2D eigenvalue weighted by molar-refractivity contribution is 5.85. The van der Waals surface area contributed by atoms with Gasteiger partial charge in [-0.25, -0.2) is 0 Å². The summed E-state index contributed by atoms with van der Waals surface area (Å²) in [4.78, 5) is 0. The maximum absolute atomic E-state index is 0. The number of halogens is 2. The van der Waals surface area contributed by atoms with Gasteiger partial charge >= 0.3 is 0 Å². The van der Waals surface area contributed by atoms with Gasteiger partial charge in [-0.05, 0) is 0 Å². The summed E-state index contributed by atoms with van der Waals surface area (Å²) in [6.45, 7) is 0. The van der Waals surface area contributed by atoms with Crippen molar-refractivity contribution >= 4 is 59.5 Å². The summed E-state index contributed by atoms with van der Waals surface area (Å²) < 4.78 is 0. The third-order valence-electron chi connectivity index (χ3n) is 0. The summed E-state index contributed by atoms with van der Waals surface area (Å²) in [7, 11) is 0. The summed E-state index contributed by atoms with van der Waals surface area (Å²) in [5.41, 5.74) is 0. The van der Waals surface area contributed by atoms with Crippen molar-refractivity contribution in [3.05, 3.63) is 0 Å². The molecule has 0 aliphatic heterocycles. The van der Waals surface area contributed by atoms with Crippen LogP contribution in [0, 0.1) is 0 Å². The van der Waals surface area contributed by atoms with Crippen LogP contribution in [0.1, 0.15) is 22.3 Å². The zero-order chi connectivity index (χ0) is 0. The van der Waals surface area contributed by atoms with Crippen LogP contribution in [0.25, 0.3) is 0 Å². The first-order valence-corrected chi connectivity index (χ1v) is 0. The Bertz CT molecular complexity index is 10.9. The molecule has 0 spiro atoms. The Hall–Kier alpha value is 1.64. The first kappa shape index (κ1) is 187. The molecule has 0 nitrogen and oxygen atoms in total. The lowest BCUT2D eigenvalue weighted by Gasteiger charge is -0.148. The normalized spacial score (nSPS) is 0. The molecule has 0 heterocycles. The molecule has 0 aliphatic rings. The molecule has 0 aromatic carbocycles. The lowest BCUT2D eigenvalue weighted by atomic mass is 12.0. The van der Waals surface area contributed by atoms with E-state index in [1.807, 2.05) is 0 Å². The lowest BCUT2D eigenvalue weighted by Crippen LogP contribution is -0.382. The molecular weight excluding hydrogens is 161 g/mol. The maximum Gasteiger partial charge on any atom is 0.187 e. The van der Waals surface area contributed by atoms with Crippen LogP contribution in [0.15, 0.2) is 0 Å². The molecule has 0 saturated heterocycles. The molecule has 0 aromatic rings. The highest BCUT2D eigenvalue weighted by Gasteiger charge is 0.188. The smallest absolute Gasteiger partial charge is 0.147 e. The van der Waals surface area contributed by atoms with Gasteiger partial charge in [0.1, 0.15) is 0 Å². The Kier molecular flexibility index (Phi) is 3330. The molecule has 7 heavy (non-hydrogen) atoms. The van der Waals surface area contributed by atoms with Crippen molar-refractivity contribution in [3.63, 3.8) is 0 Å². The molecule has 0 radical (unpaired) electrons. The number of rotatable bonds is 0. The van der Waals surface area contributed by atoms with Gasteiger partial charge in [-0.3, -0.25) is 0 Å². The summed E-state index contributed by atoms with van der Waals surface area (Å²) >= 11 is 0. The van der Waals surface area contributed by atoms with Gasteiger partial charge < -0.3 is 0 Å². The third kappa shape index (κ3) is 90.0. The van der Waals surface area contributed by atoms with Crippen LogP contribution in [-0.2, 0) is 0 Å². The quantitative estimate of drug-likeness (QED) is 0.474. The average Bonchev–Trinajstić information content (AvgIpc) is 0. The lowest BCUT2D eigenvalue weighted by molar-refractivity contribution is 2.50. The summed E-state index contributed by atoms with van der Waals surface area (Å²) in [6.07, 6.45) is 0. The van der Waals surface area contributed by atoms with Gasteiger partial charge in [0, 0.05) is 0 Å². The second kappa shape index (κ2) is 125. The molecule has 0 rings (SSSR count). The molecular formula is C3H20Al2Cl2. The van der Waals surface area contributed by atoms with Gasteiger partial charge in [0.25, 0.3) is 0 Å². The summed E-state index contributed by atoms with van der Waals surface area (Å²) in [5, 5.41) is 0. The van der Waals surface area contributed by atoms with E-state index in [1.165, 1.54) is 0 Å². The van der Waals surface area contributed by atoms with E-state index in [1.54, 1.807) is 0 Å². The van der Waals surface area contributed by atoms with Crippen LogP contribution >= 0.6 is 24.8 Å². The molecule has 0 amide bonds. The second-order valence-electron chi connectivity index (χ2n) is 0. The number of hydrogen-bond acceptors (Lipinski definition) is 0. The fourth-order valence-electron chi connectivity index (χ4n) is 0. The third-order valence-corrected chi connectivity index (χ3v) is 0. The highest BCUT2D eigenvalue weighted by Crippen LogP contribution is 0.691. The molecule has 4 heteroatoms. The molecule has 0 N–H and O–H groups in total. The largest absolute Gasteiger partial charge is 0.187 e. The molecule has 0 unspecified atom stereocenters. The van der Waals surface area contributed by atoms with Crippen LogP contribution in [0.5, 0.6) is 0 Å². The Labute approximate surface area is 81.5 Å². The summed E-state index contributed by atoms with van der Waals surface area (Å²) in [5.74, 6) is 0. The van der Waals surface area contributed by atoms with E-state index in [9.17, 15) is 0 Å². The molecule has 0 aromatic heterocycles. The van der Waals surface area contributed by atoms with E-state index in [0.717, 1.165) is 0 Å². The van der Waals surface area contributed by atoms with Crippen molar-refractivity contribution in [1.82, 2.24) is 0 Å². The van der Waals surface area contributed by atoms with Gasteiger partial charge in [0.15, 0.2) is 34.7 Å². The van der Waals surface area contributed by atoms with Crippen molar-refractivity contribution in [3.8, 4) is 0 Å². The van der Waals surface area contributed by atoms with Gasteiger partial charge in [-0.15, -0.1) is 24.8 Å². The van der Waals surface area contributed by atoms with Gasteiger partial charge in [-0.1, -0.05) is 22.3 Å². The molecule has 0 aliphatic carbocycles. The number of hydrogen-bond donors (Lipinski definition) is 0. The van der Waals surface area contributed by atoms with Crippen LogP contribution < -0.4 is 0 Å². The van der Waals surface area contributed by atoms with E-state index < -0.39 is 0 Å². The predicted molar refractivity (Wildman–Crippen MR) is 54.6 cm³/mol. The molecule has 0 atom stereocenters. The molecule has 0 bridgehead atoms. The minimum absolute atomic E-state index is 0. The molecule has 52 valence electrons. The van der Waals surface area contributed by atoms with Crippen molar-refractivity contribution < 1.29 is 0 Å². The van der Waals surface area contributed by atoms with Gasteiger partial charge in [-0.2, -0.15) is 0 Å². The van der Waals surface area contributed by atoms with Crippen molar-refractivity contribution in [2.45, 2.75) is 22.3 Å². The maximum atomic E-state index is 0. The average molecular weight is 181 g/mol. The van der Waals surface area contributed by atoms with Crippen LogP contribution in [-0.4, -0.2) is 34.7 Å². The van der Waals surface area contributed by atoms with E-state index in [0.29, 0.717) is 0 Å². The fraction of sp³-hybridized carbons (Fsp3) is 1.00. The molecule has 0 saturated carbocycles. The monoisotopic (exact) mass is 180 g/mol. The Morgan fingerprint density at radius 1 is 0.429 bits per heavy atom. The standard InChI is InChI=1S/3CH4.2Al.2ClH.6H/h3*1H4;;;2*1H;;;;;;. The van der Waals surface area contributed by atoms with Crippen molar-refractivity contribution in [2.75, 3.05) is 0 Å². The van der Waals surface area contributed by atoms with Crippen LogP contribution in [0.2, 0.25) is 0 Å². The van der Waals surface area contributed by atoms with Gasteiger partial charge in [0.2, 0.25) is 0 Å². The van der Waals surface area contributed by atoms with E-state index in [-0.39, 0.29) is 81.8 Å². The summed E-state index contributed by atoms with van der Waals surface area (Å²) in [6, 6.07) is 0. The SMILES string of the molecule is C.C.C.Cl.Cl.[AlH3].[AlH3]. The van der Waals surface area contributed by atoms with Crippen LogP contribution in [0.4, 0.5) is 0 Å². The Morgan fingerprint density at radius 2 is 0.429 bits per heavy atom. The van der Waals surface area contributed by atoms with E-state index >= 15 is 0 Å². The Morgan fingerprint density at radius 3 is 0.429 bits per heavy atom. The first-order valence-electron chi connectivity index (χ1n) is 0. The zero-order valence-corrected chi connectivity index (χ0v) is 2.45. The highest BCUT2D eigenvalue weighted by atomic mass is 35.5. The second-order valence-corrected chi connectivity index (χ2v) is 0.